The Balaban J connectivity index is 2.37. The minimum absolute atomic E-state index is 0.0943. The molecule has 0 aromatic heterocycles. The molecule has 0 aliphatic carbocycles. The van der Waals surface area contributed by atoms with Gasteiger partial charge in [-0.3, -0.25) is 9.69 Å². The first kappa shape index (κ1) is 14.6. The molecule has 1 fully saturated rings. The van der Waals surface area contributed by atoms with Crippen LogP contribution in [0.4, 0.5) is 4.79 Å². The molecule has 0 bridgehead atoms. The molecule has 1 saturated heterocycles. The van der Waals surface area contributed by atoms with Gasteiger partial charge in [0.05, 0.1) is 6.04 Å². The minimum Gasteiger partial charge on any atom is -0.325 e. The van der Waals surface area contributed by atoms with Crippen LogP contribution in [0, 0.1) is 5.41 Å². The topological polar surface area (TPSA) is 40.6 Å². The van der Waals surface area contributed by atoms with E-state index in [1.807, 2.05) is 51.1 Å². The maximum atomic E-state index is 12.7. The van der Waals surface area contributed by atoms with Gasteiger partial charge in [0.2, 0.25) is 5.91 Å². The van der Waals surface area contributed by atoms with Crippen LogP contribution < -0.4 is 0 Å². The summed E-state index contributed by atoms with van der Waals surface area (Å²) in [6.07, 6.45) is 0.709. The van der Waals surface area contributed by atoms with Crippen LogP contribution in [-0.4, -0.2) is 35.3 Å². The number of nitrogens with zero attached hydrogens (tertiary/aromatic N) is 2. The summed E-state index contributed by atoms with van der Waals surface area (Å²) in [6, 6.07) is 9.36. The Morgan fingerprint density at radius 2 is 1.90 bits per heavy atom. The van der Waals surface area contributed by atoms with E-state index in [2.05, 4.69) is 0 Å². The third-order valence-corrected chi connectivity index (χ3v) is 4.16. The lowest BCUT2D eigenvalue weighted by molar-refractivity contribution is -0.138. The third-order valence-electron chi connectivity index (χ3n) is 4.16. The van der Waals surface area contributed by atoms with Crippen LogP contribution in [0.3, 0.4) is 0 Å². The van der Waals surface area contributed by atoms with E-state index in [0.717, 1.165) is 5.56 Å². The van der Waals surface area contributed by atoms with Crippen molar-refractivity contribution in [1.29, 1.82) is 0 Å². The van der Waals surface area contributed by atoms with Crippen LogP contribution in [0.2, 0.25) is 0 Å². The third kappa shape index (κ3) is 2.42. The first-order chi connectivity index (χ1) is 9.38. The van der Waals surface area contributed by atoms with Gasteiger partial charge in [0.25, 0.3) is 0 Å². The fourth-order valence-electron chi connectivity index (χ4n) is 2.37. The molecule has 3 amide bonds. The molecule has 4 nitrogen and oxygen atoms in total. The maximum Gasteiger partial charge on any atom is 0.327 e. The van der Waals surface area contributed by atoms with Crippen LogP contribution in [0.1, 0.15) is 38.8 Å². The number of hydrogen-bond donors (Lipinski definition) is 0. The van der Waals surface area contributed by atoms with Crippen molar-refractivity contribution < 1.29 is 9.59 Å². The predicted octanol–water partition coefficient (Wildman–Crippen LogP) is 3.06. The largest absolute Gasteiger partial charge is 0.327 e. The first-order valence-electron chi connectivity index (χ1n) is 7.02. The van der Waals surface area contributed by atoms with Crippen LogP contribution in [0.5, 0.6) is 0 Å². The van der Waals surface area contributed by atoms with Crippen molar-refractivity contribution in [1.82, 2.24) is 9.80 Å². The van der Waals surface area contributed by atoms with Gasteiger partial charge >= 0.3 is 6.03 Å². The van der Waals surface area contributed by atoms with Crippen LogP contribution in [0.25, 0.3) is 0 Å². The molecule has 1 aliphatic rings. The summed E-state index contributed by atoms with van der Waals surface area (Å²) in [5.74, 6) is -0.0943. The zero-order chi connectivity index (χ0) is 14.9. The molecule has 0 spiro atoms. The summed E-state index contributed by atoms with van der Waals surface area (Å²) in [5, 5.41) is 0. The molecule has 2 rings (SSSR count). The van der Waals surface area contributed by atoms with Gasteiger partial charge in [0.1, 0.15) is 0 Å². The lowest BCUT2D eigenvalue weighted by atomic mass is 9.88. The van der Waals surface area contributed by atoms with E-state index in [-0.39, 0.29) is 18.0 Å². The molecule has 108 valence electrons. The van der Waals surface area contributed by atoms with Gasteiger partial charge in [-0.25, -0.2) is 4.79 Å². The quantitative estimate of drug-likeness (QED) is 0.850. The summed E-state index contributed by atoms with van der Waals surface area (Å²) < 4.78 is 0. The standard InChI is InChI=1S/C16H22N2O2/c1-5-16(2,3)14(19)18-13(11-17(4)15(18)20)12-9-7-6-8-10-12/h6-10,13H,5,11H2,1-4H3. The Labute approximate surface area is 120 Å². The molecule has 0 radical (unpaired) electrons. The Kier molecular flexibility index (Phi) is 3.84. The number of imide groups is 1. The van der Waals surface area contributed by atoms with E-state index in [1.54, 1.807) is 11.9 Å². The zero-order valence-electron chi connectivity index (χ0n) is 12.6. The average molecular weight is 274 g/mol. The summed E-state index contributed by atoms with van der Waals surface area (Å²) in [5.41, 5.74) is 0.485. The SMILES string of the molecule is CCC(C)(C)C(=O)N1C(=O)N(C)CC1c1ccccc1. The van der Waals surface area contributed by atoms with Crippen LogP contribution >= 0.6 is 0 Å². The molecule has 1 aromatic rings. The summed E-state index contributed by atoms with van der Waals surface area (Å²) in [4.78, 5) is 28.1. The number of likely N-dealkylation sites (N-methyl/N-ethyl adjacent to an activating group) is 1. The lowest BCUT2D eigenvalue weighted by Gasteiger charge is -2.30. The van der Waals surface area contributed by atoms with Crippen molar-refractivity contribution in [3.8, 4) is 0 Å². The highest BCUT2D eigenvalue weighted by atomic mass is 16.2. The second kappa shape index (κ2) is 5.27. The van der Waals surface area contributed by atoms with Crippen molar-refractivity contribution in [2.45, 2.75) is 33.2 Å². The fraction of sp³-hybridized carbons (Fsp3) is 0.500. The number of urea groups is 1. The van der Waals surface area contributed by atoms with Crippen molar-refractivity contribution in [3.63, 3.8) is 0 Å². The molecule has 1 aliphatic heterocycles. The van der Waals surface area contributed by atoms with Crippen molar-refractivity contribution in [2.75, 3.05) is 13.6 Å². The predicted molar refractivity (Wildman–Crippen MR) is 78.1 cm³/mol. The van der Waals surface area contributed by atoms with Gasteiger partial charge in [-0.1, -0.05) is 51.1 Å². The molecular weight excluding hydrogens is 252 g/mol. The zero-order valence-corrected chi connectivity index (χ0v) is 12.6. The van der Waals surface area contributed by atoms with E-state index in [9.17, 15) is 9.59 Å². The molecule has 1 heterocycles. The van der Waals surface area contributed by atoms with Gasteiger partial charge in [0.15, 0.2) is 0 Å². The first-order valence-corrected chi connectivity index (χ1v) is 7.02. The number of benzene rings is 1. The Hall–Kier alpha value is -1.84. The Bertz CT molecular complexity index is 510. The van der Waals surface area contributed by atoms with Gasteiger partial charge in [-0.2, -0.15) is 0 Å². The molecule has 0 N–H and O–H groups in total. The molecular formula is C16H22N2O2. The summed E-state index contributed by atoms with van der Waals surface area (Å²) >= 11 is 0. The van der Waals surface area contributed by atoms with E-state index in [1.165, 1.54) is 4.90 Å². The number of rotatable bonds is 3. The number of amides is 3. The molecule has 1 atom stereocenters. The maximum absolute atomic E-state index is 12.7. The highest BCUT2D eigenvalue weighted by molar-refractivity contribution is 5.98. The average Bonchev–Trinajstić information content (AvgIpc) is 2.75. The van der Waals surface area contributed by atoms with Crippen molar-refractivity contribution >= 4 is 11.9 Å². The van der Waals surface area contributed by atoms with Gasteiger partial charge in [-0.05, 0) is 12.0 Å². The summed E-state index contributed by atoms with van der Waals surface area (Å²) in [7, 11) is 1.74. The Morgan fingerprint density at radius 3 is 2.45 bits per heavy atom. The van der Waals surface area contributed by atoms with E-state index >= 15 is 0 Å². The second-order valence-corrected chi connectivity index (χ2v) is 6.00. The number of carbonyl (C=O) groups excluding carboxylic acids is 2. The molecule has 1 aromatic carbocycles. The van der Waals surface area contributed by atoms with Gasteiger partial charge in [-0.15, -0.1) is 0 Å². The number of hydrogen-bond acceptors (Lipinski definition) is 2. The van der Waals surface area contributed by atoms with Crippen LogP contribution in [0.15, 0.2) is 30.3 Å². The molecule has 1 unspecified atom stereocenters. The molecule has 4 heteroatoms. The highest BCUT2D eigenvalue weighted by Crippen LogP contribution is 2.34. The van der Waals surface area contributed by atoms with Gasteiger partial charge < -0.3 is 4.90 Å². The summed E-state index contributed by atoms with van der Waals surface area (Å²) in [6.45, 7) is 6.31. The molecule has 0 saturated carbocycles. The van der Waals surface area contributed by atoms with Crippen LogP contribution in [-0.2, 0) is 4.79 Å². The Morgan fingerprint density at radius 1 is 1.30 bits per heavy atom. The normalized spacial score (nSPS) is 19.6. The van der Waals surface area contributed by atoms with Crippen molar-refractivity contribution in [3.05, 3.63) is 35.9 Å². The van der Waals surface area contributed by atoms with E-state index in [0.29, 0.717) is 13.0 Å². The monoisotopic (exact) mass is 274 g/mol. The lowest BCUT2D eigenvalue weighted by Crippen LogP contribution is -2.43. The second-order valence-electron chi connectivity index (χ2n) is 6.00. The van der Waals surface area contributed by atoms with Crippen molar-refractivity contribution in [2.24, 2.45) is 5.41 Å². The number of carbonyl (C=O) groups is 2. The van der Waals surface area contributed by atoms with Gasteiger partial charge in [0, 0.05) is 19.0 Å². The van der Waals surface area contributed by atoms with E-state index in [4.69, 9.17) is 0 Å². The highest BCUT2D eigenvalue weighted by Gasteiger charge is 2.44. The smallest absolute Gasteiger partial charge is 0.325 e. The molecule has 20 heavy (non-hydrogen) atoms. The minimum atomic E-state index is -0.520. The fourth-order valence-corrected chi connectivity index (χ4v) is 2.37. The van der Waals surface area contributed by atoms with E-state index < -0.39 is 5.41 Å².